The van der Waals surface area contributed by atoms with Gasteiger partial charge in [-0.3, -0.25) is 9.88 Å². The molecule has 0 N–H and O–H groups in total. The minimum atomic E-state index is -4.43. The average molecular weight is 357 g/mol. The van der Waals surface area contributed by atoms with Crippen molar-refractivity contribution in [3.8, 4) is 0 Å². The van der Waals surface area contributed by atoms with Gasteiger partial charge in [0, 0.05) is 51.3 Å². The third-order valence-electron chi connectivity index (χ3n) is 3.95. The van der Waals surface area contributed by atoms with Crippen molar-refractivity contribution in [2.24, 2.45) is 0 Å². The lowest BCUT2D eigenvalue weighted by Gasteiger charge is -2.35. The topological polar surface area (TPSA) is 32.3 Å². The Hall–Kier alpha value is -1.86. The molecule has 2 aromatic rings. The van der Waals surface area contributed by atoms with Crippen LogP contribution in [-0.2, 0) is 12.7 Å². The summed E-state index contributed by atoms with van der Waals surface area (Å²) >= 11 is 6.01. The molecule has 1 aliphatic heterocycles. The fourth-order valence-corrected chi connectivity index (χ4v) is 2.97. The van der Waals surface area contributed by atoms with Crippen molar-refractivity contribution in [3.63, 3.8) is 0 Å². The van der Waals surface area contributed by atoms with Gasteiger partial charge in [0.25, 0.3) is 0 Å². The largest absolute Gasteiger partial charge is 0.417 e. The molecule has 0 radical (unpaired) electrons. The predicted molar refractivity (Wildman–Crippen MR) is 86.0 cm³/mol. The standard InChI is InChI=1S/C16H16ClF3N4/c17-14-8-13(16(18,19)20)10-22-15(14)24-6-4-23(5-7-24)11-12-2-1-3-21-9-12/h1-3,8-10H,4-7,11H2. The molecule has 0 spiro atoms. The van der Waals surface area contributed by atoms with E-state index in [1.54, 1.807) is 6.20 Å². The number of rotatable bonds is 3. The molecule has 0 atom stereocenters. The molecule has 24 heavy (non-hydrogen) atoms. The van der Waals surface area contributed by atoms with Crippen molar-refractivity contribution in [1.82, 2.24) is 14.9 Å². The average Bonchev–Trinajstić information content (AvgIpc) is 2.56. The summed E-state index contributed by atoms with van der Waals surface area (Å²) in [5, 5.41) is 0.0329. The van der Waals surface area contributed by atoms with Gasteiger partial charge in [0.15, 0.2) is 0 Å². The molecule has 0 aromatic carbocycles. The first kappa shape index (κ1) is 17.0. The minimum Gasteiger partial charge on any atom is -0.353 e. The van der Waals surface area contributed by atoms with Crippen molar-refractivity contribution < 1.29 is 13.2 Å². The smallest absolute Gasteiger partial charge is 0.353 e. The number of hydrogen-bond donors (Lipinski definition) is 0. The summed E-state index contributed by atoms with van der Waals surface area (Å²) in [7, 11) is 0. The zero-order chi connectivity index (χ0) is 17.2. The number of hydrogen-bond acceptors (Lipinski definition) is 4. The Bertz CT molecular complexity index is 685. The third-order valence-corrected chi connectivity index (χ3v) is 4.23. The SMILES string of the molecule is FC(F)(F)c1cnc(N2CCN(Cc3cccnc3)CC2)c(Cl)c1. The molecule has 3 heterocycles. The molecule has 0 amide bonds. The molecule has 0 unspecified atom stereocenters. The van der Waals surface area contributed by atoms with E-state index in [2.05, 4.69) is 14.9 Å². The van der Waals surface area contributed by atoms with Gasteiger partial charge in [-0.15, -0.1) is 0 Å². The van der Waals surface area contributed by atoms with Crippen molar-refractivity contribution >= 4 is 17.4 Å². The molecule has 8 heteroatoms. The molecule has 0 bridgehead atoms. The lowest BCUT2D eigenvalue weighted by atomic mass is 10.2. The fraction of sp³-hybridized carbons (Fsp3) is 0.375. The molecule has 1 aliphatic rings. The van der Waals surface area contributed by atoms with Crippen LogP contribution in [0.5, 0.6) is 0 Å². The Morgan fingerprint density at radius 3 is 2.46 bits per heavy atom. The van der Waals surface area contributed by atoms with E-state index in [4.69, 9.17) is 11.6 Å². The van der Waals surface area contributed by atoms with Gasteiger partial charge in [0.1, 0.15) is 5.82 Å². The first-order chi connectivity index (χ1) is 11.4. The zero-order valence-electron chi connectivity index (χ0n) is 12.8. The molecule has 2 aromatic heterocycles. The van der Waals surface area contributed by atoms with Crippen molar-refractivity contribution in [2.75, 3.05) is 31.1 Å². The maximum Gasteiger partial charge on any atom is 0.417 e. The summed E-state index contributed by atoms with van der Waals surface area (Å²) in [6, 6.07) is 4.86. The highest BCUT2D eigenvalue weighted by atomic mass is 35.5. The first-order valence-corrected chi connectivity index (χ1v) is 7.90. The second-order valence-electron chi connectivity index (χ2n) is 5.65. The van der Waals surface area contributed by atoms with E-state index in [-0.39, 0.29) is 5.02 Å². The maximum atomic E-state index is 12.7. The highest BCUT2D eigenvalue weighted by Gasteiger charge is 2.32. The van der Waals surface area contributed by atoms with Gasteiger partial charge in [-0.2, -0.15) is 13.2 Å². The van der Waals surface area contributed by atoms with Crippen LogP contribution in [0.15, 0.2) is 36.8 Å². The highest BCUT2D eigenvalue weighted by Crippen LogP contribution is 2.33. The van der Waals surface area contributed by atoms with Crippen LogP contribution in [0, 0.1) is 0 Å². The molecule has 1 saturated heterocycles. The van der Waals surface area contributed by atoms with Gasteiger partial charge in [-0.05, 0) is 17.7 Å². The Labute approximate surface area is 142 Å². The molecule has 128 valence electrons. The van der Waals surface area contributed by atoms with E-state index in [9.17, 15) is 13.2 Å². The summed E-state index contributed by atoms with van der Waals surface area (Å²) in [6.07, 6.45) is -0.0266. The van der Waals surface area contributed by atoms with E-state index in [1.165, 1.54) is 0 Å². The number of aromatic nitrogens is 2. The maximum absolute atomic E-state index is 12.7. The number of pyridine rings is 2. The predicted octanol–water partition coefficient (Wildman–Crippen LogP) is 3.47. The van der Waals surface area contributed by atoms with Gasteiger partial charge in [-0.1, -0.05) is 17.7 Å². The van der Waals surface area contributed by atoms with Crippen LogP contribution in [0.2, 0.25) is 5.02 Å². The fourth-order valence-electron chi connectivity index (χ4n) is 2.69. The van der Waals surface area contributed by atoms with E-state index in [0.29, 0.717) is 18.9 Å². The Morgan fingerprint density at radius 1 is 1.12 bits per heavy atom. The monoisotopic (exact) mass is 356 g/mol. The first-order valence-electron chi connectivity index (χ1n) is 7.52. The van der Waals surface area contributed by atoms with Crippen LogP contribution in [0.4, 0.5) is 19.0 Å². The van der Waals surface area contributed by atoms with Gasteiger partial charge in [0.2, 0.25) is 0 Å². The summed E-state index contributed by atoms with van der Waals surface area (Å²) in [5.41, 5.74) is 0.308. The molecule has 0 aliphatic carbocycles. The molecule has 3 rings (SSSR count). The third kappa shape index (κ3) is 3.96. The number of alkyl halides is 3. The number of anilines is 1. The van der Waals surface area contributed by atoms with Gasteiger partial charge in [0.05, 0.1) is 10.6 Å². The summed E-state index contributed by atoms with van der Waals surface area (Å²) in [4.78, 5) is 12.2. The van der Waals surface area contributed by atoms with E-state index < -0.39 is 11.7 Å². The zero-order valence-corrected chi connectivity index (χ0v) is 13.6. The van der Waals surface area contributed by atoms with E-state index >= 15 is 0 Å². The highest BCUT2D eigenvalue weighted by molar-refractivity contribution is 6.33. The summed E-state index contributed by atoms with van der Waals surface area (Å²) < 4.78 is 38.0. The Morgan fingerprint density at radius 2 is 1.88 bits per heavy atom. The van der Waals surface area contributed by atoms with Gasteiger partial charge < -0.3 is 4.90 Å². The second-order valence-corrected chi connectivity index (χ2v) is 6.06. The molecular weight excluding hydrogens is 341 g/mol. The van der Waals surface area contributed by atoms with Crippen molar-refractivity contribution in [2.45, 2.75) is 12.7 Å². The van der Waals surface area contributed by atoms with Crippen LogP contribution in [0.25, 0.3) is 0 Å². The molecule has 4 nitrogen and oxygen atoms in total. The summed E-state index contributed by atoms with van der Waals surface area (Å²) in [6.45, 7) is 3.70. The van der Waals surface area contributed by atoms with Gasteiger partial charge >= 0.3 is 6.18 Å². The van der Waals surface area contributed by atoms with Crippen LogP contribution in [-0.4, -0.2) is 41.0 Å². The number of nitrogens with zero attached hydrogens (tertiary/aromatic N) is 4. The number of piperazine rings is 1. The van der Waals surface area contributed by atoms with Gasteiger partial charge in [-0.25, -0.2) is 4.98 Å². The second kappa shape index (κ2) is 6.94. The van der Waals surface area contributed by atoms with Crippen molar-refractivity contribution in [1.29, 1.82) is 0 Å². The normalized spacial score (nSPS) is 16.4. The molecule has 1 fully saturated rings. The molecule has 0 saturated carbocycles. The minimum absolute atomic E-state index is 0.0329. The van der Waals surface area contributed by atoms with E-state index in [1.807, 2.05) is 23.2 Å². The summed E-state index contributed by atoms with van der Waals surface area (Å²) in [5.74, 6) is 0.408. The van der Waals surface area contributed by atoms with Crippen molar-refractivity contribution in [3.05, 3.63) is 52.9 Å². The van der Waals surface area contributed by atoms with E-state index in [0.717, 1.165) is 37.5 Å². The number of halogens is 4. The lowest BCUT2D eigenvalue weighted by Crippen LogP contribution is -2.46. The Balaban J connectivity index is 1.62. The Kier molecular flexibility index (Phi) is 4.91. The molecular formula is C16H16ClF3N4. The quantitative estimate of drug-likeness (QED) is 0.843. The van der Waals surface area contributed by atoms with Crippen LogP contribution >= 0.6 is 11.6 Å². The van der Waals surface area contributed by atoms with Crippen LogP contribution in [0.1, 0.15) is 11.1 Å². The lowest BCUT2D eigenvalue weighted by molar-refractivity contribution is -0.137. The van der Waals surface area contributed by atoms with Crippen LogP contribution in [0.3, 0.4) is 0 Å². The van der Waals surface area contributed by atoms with Crippen LogP contribution < -0.4 is 4.90 Å².